The first-order valence-electron chi connectivity index (χ1n) is 10.1. The van der Waals surface area contributed by atoms with E-state index >= 15 is 0 Å². The van der Waals surface area contributed by atoms with Gasteiger partial charge in [0.15, 0.2) is 0 Å². The number of carbonyl (C=O) groups excluding carboxylic acids is 3. The van der Waals surface area contributed by atoms with Crippen LogP contribution in [0.1, 0.15) is 39.5 Å². The number of hydrogen-bond donors (Lipinski definition) is 7. The van der Waals surface area contributed by atoms with E-state index in [1.54, 1.807) is 0 Å². The number of carbonyl (C=O) groups is 5. The lowest BCUT2D eigenvalue weighted by Gasteiger charge is -2.25. The van der Waals surface area contributed by atoms with Crippen molar-refractivity contribution in [3.8, 4) is 0 Å². The largest absolute Gasteiger partial charge is 0.481 e. The van der Waals surface area contributed by atoms with E-state index in [0.717, 1.165) is 0 Å². The van der Waals surface area contributed by atoms with Gasteiger partial charge < -0.3 is 31.9 Å². The molecule has 0 aliphatic carbocycles. The van der Waals surface area contributed by atoms with Crippen LogP contribution < -0.4 is 21.7 Å². The van der Waals surface area contributed by atoms with E-state index in [1.165, 1.54) is 11.8 Å². The summed E-state index contributed by atoms with van der Waals surface area (Å²) in [6, 6.07) is -4.32. The molecule has 0 aliphatic rings. The Morgan fingerprint density at radius 2 is 1.44 bits per heavy atom. The molecule has 7 N–H and O–H groups in total. The molecule has 0 aromatic heterocycles. The lowest BCUT2D eigenvalue weighted by atomic mass is 10.0. The van der Waals surface area contributed by atoms with E-state index in [-0.39, 0.29) is 24.5 Å². The van der Waals surface area contributed by atoms with E-state index in [1.807, 2.05) is 20.1 Å². The number of carboxylic acid groups (broad SMARTS) is 2. The second-order valence-electron chi connectivity index (χ2n) is 7.65. The highest BCUT2D eigenvalue weighted by atomic mass is 32.2. The van der Waals surface area contributed by atoms with Gasteiger partial charge in [-0.1, -0.05) is 13.8 Å². The first kappa shape index (κ1) is 30.0. The van der Waals surface area contributed by atoms with Crippen LogP contribution in [0.15, 0.2) is 0 Å². The molecular formula is C19H34N4O7S2. The lowest BCUT2D eigenvalue weighted by molar-refractivity contribution is -0.143. The van der Waals surface area contributed by atoms with Gasteiger partial charge in [-0.2, -0.15) is 24.4 Å². The Hall–Kier alpha value is -1.99. The molecule has 0 radical (unpaired) electrons. The van der Waals surface area contributed by atoms with Gasteiger partial charge in [-0.15, -0.1) is 0 Å². The maximum Gasteiger partial charge on any atom is 0.326 e. The minimum absolute atomic E-state index is 0.0455. The smallest absolute Gasteiger partial charge is 0.326 e. The number of amides is 3. The summed E-state index contributed by atoms with van der Waals surface area (Å²) in [5, 5.41) is 25.5. The first-order chi connectivity index (χ1) is 14.9. The zero-order valence-corrected chi connectivity index (χ0v) is 20.2. The summed E-state index contributed by atoms with van der Waals surface area (Å²) >= 11 is 5.40. The van der Waals surface area contributed by atoms with Crippen molar-refractivity contribution < 1.29 is 34.2 Å². The van der Waals surface area contributed by atoms with Crippen molar-refractivity contribution in [1.82, 2.24) is 16.0 Å². The van der Waals surface area contributed by atoms with Crippen LogP contribution >= 0.6 is 24.4 Å². The number of thiol groups is 1. The van der Waals surface area contributed by atoms with Crippen molar-refractivity contribution in [3.05, 3.63) is 0 Å². The zero-order chi connectivity index (χ0) is 24.8. The number of nitrogens with one attached hydrogen (secondary N) is 3. The molecule has 0 aromatic carbocycles. The van der Waals surface area contributed by atoms with Gasteiger partial charge in [0, 0.05) is 12.2 Å². The van der Waals surface area contributed by atoms with Crippen molar-refractivity contribution >= 4 is 54.1 Å². The Morgan fingerprint density at radius 1 is 0.906 bits per heavy atom. The van der Waals surface area contributed by atoms with Crippen molar-refractivity contribution in [2.24, 2.45) is 11.7 Å². The van der Waals surface area contributed by atoms with Crippen LogP contribution in [0.3, 0.4) is 0 Å². The lowest BCUT2D eigenvalue weighted by Crippen LogP contribution is -2.57. The first-order valence-corrected chi connectivity index (χ1v) is 12.2. The normalized spacial score (nSPS) is 14.7. The monoisotopic (exact) mass is 494 g/mol. The number of nitrogens with two attached hydrogens (primary N) is 1. The average molecular weight is 495 g/mol. The summed E-state index contributed by atoms with van der Waals surface area (Å²) in [4.78, 5) is 59.8. The Labute approximate surface area is 197 Å². The van der Waals surface area contributed by atoms with Crippen LogP contribution in [0.5, 0.6) is 0 Å². The molecule has 0 saturated carbocycles. The third-order valence-corrected chi connectivity index (χ3v) is 5.42. The molecule has 0 spiro atoms. The average Bonchev–Trinajstić information content (AvgIpc) is 2.71. The van der Waals surface area contributed by atoms with E-state index < -0.39 is 60.2 Å². The molecule has 0 bridgehead atoms. The molecule has 0 aromatic rings. The van der Waals surface area contributed by atoms with Crippen LogP contribution in [0.2, 0.25) is 0 Å². The molecule has 32 heavy (non-hydrogen) atoms. The third-order valence-electron chi connectivity index (χ3n) is 4.38. The quantitative estimate of drug-likeness (QED) is 0.138. The predicted molar refractivity (Wildman–Crippen MR) is 125 cm³/mol. The summed E-state index contributed by atoms with van der Waals surface area (Å²) < 4.78 is 0. The SMILES string of the molecule is CSCCC(NC(=O)C(CC(C)C)NC(=O)C(N)CS)C(=O)NC(CCC(=O)O)C(=O)O. The summed E-state index contributed by atoms with van der Waals surface area (Å²) in [6.07, 6.45) is 1.58. The van der Waals surface area contributed by atoms with Gasteiger partial charge in [-0.25, -0.2) is 4.79 Å². The standard InChI is InChI=1S/C19H34N4O7S2/c1-10(2)8-14(23-16(26)11(20)9-31)18(28)21-12(6-7-32-3)17(27)22-13(19(29)30)4-5-15(24)25/h10-14,31H,4-9,20H2,1-3H3,(H,21,28)(H,22,27)(H,23,26)(H,24,25)(H,29,30). The van der Waals surface area contributed by atoms with Crippen LogP contribution in [0.4, 0.5) is 0 Å². The van der Waals surface area contributed by atoms with Crippen molar-refractivity contribution in [1.29, 1.82) is 0 Å². The predicted octanol–water partition coefficient (Wildman–Crippen LogP) is -0.553. The second-order valence-corrected chi connectivity index (χ2v) is 9.01. The van der Waals surface area contributed by atoms with Gasteiger partial charge in [-0.05, 0) is 37.2 Å². The summed E-state index contributed by atoms with van der Waals surface area (Å²) in [5.41, 5.74) is 5.66. The topological polar surface area (TPSA) is 188 Å². The minimum Gasteiger partial charge on any atom is -0.481 e. The van der Waals surface area contributed by atoms with Crippen LogP contribution in [0.25, 0.3) is 0 Å². The molecule has 4 unspecified atom stereocenters. The molecule has 0 aliphatic heterocycles. The number of rotatable bonds is 16. The van der Waals surface area contributed by atoms with Gasteiger partial charge in [0.05, 0.1) is 6.04 Å². The molecule has 13 heteroatoms. The van der Waals surface area contributed by atoms with Crippen LogP contribution in [0, 0.1) is 5.92 Å². The fourth-order valence-corrected chi connectivity index (χ4v) is 3.28. The number of aliphatic carboxylic acids is 2. The van der Waals surface area contributed by atoms with Gasteiger partial charge in [0.2, 0.25) is 17.7 Å². The Morgan fingerprint density at radius 3 is 1.91 bits per heavy atom. The molecule has 0 fully saturated rings. The van der Waals surface area contributed by atoms with Gasteiger partial charge in [-0.3, -0.25) is 19.2 Å². The number of carboxylic acids is 2. The third kappa shape index (κ3) is 12.2. The van der Waals surface area contributed by atoms with Crippen molar-refractivity contribution in [2.45, 2.75) is 63.7 Å². The molecule has 0 heterocycles. The maximum atomic E-state index is 12.9. The van der Waals surface area contributed by atoms with E-state index in [2.05, 4.69) is 28.6 Å². The number of hydrogen-bond acceptors (Lipinski definition) is 8. The van der Waals surface area contributed by atoms with Gasteiger partial charge in [0.1, 0.15) is 18.1 Å². The number of thioether (sulfide) groups is 1. The molecule has 184 valence electrons. The van der Waals surface area contributed by atoms with Crippen LogP contribution in [-0.2, 0) is 24.0 Å². The van der Waals surface area contributed by atoms with E-state index in [9.17, 15) is 29.1 Å². The van der Waals surface area contributed by atoms with E-state index in [0.29, 0.717) is 12.2 Å². The molecule has 0 rings (SSSR count). The second kappa shape index (κ2) is 15.8. The molecule has 3 amide bonds. The van der Waals surface area contributed by atoms with Gasteiger partial charge in [0.25, 0.3) is 0 Å². The highest BCUT2D eigenvalue weighted by Gasteiger charge is 2.30. The fourth-order valence-electron chi connectivity index (χ4n) is 2.64. The summed E-state index contributed by atoms with van der Waals surface area (Å²) in [7, 11) is 0. The van der Waals surface area contributed by atoms with Gasteiger partial charge >= 0.3 is 11.9 Å². The minimum atomic E-state index is -1.41. The molecular weight excluding hydrogens is 460 g/mol. The van der Waals surface area contributed by atoms with Crippen molar-refractivity contribution in [2.75, 3.05) is 17.8 Å². The van der Waals surface area contributed by atoms with Crippen LogP contribution in [-0.4, -0.2) is 81.8 Å². The summed E-state index contributed by atoms with van der Waals surface area (Å²) in [5.74, 6) is -3.83. The maximum absolute atomic E-state index is 12.9. The molecule has 0 saturated heterocycles. The molecule has 11 nitrogen and oxygen atoms in total. The van der Waals surface area contributed by atoms with Crippen molar-refractivity contribution in [3.63, 3.8) is 0 Å². The Bertz CT molecular complexity index is 664. The Kier molecular flexibility index (Phi) is 14.8. The summed E-state index contributed by atoms with van der Waals surface area (Å²) in [6.45, 7) is 3.73. The van der Waals surface area contributed by atoms with E-state index in [4.69, 9.17) is 10.8 Å². The Balaban J connectivity index is 5.41. The highest BCUT2D eigenvalue weighted by Crippen LogP contribution is 2.08. The highest BCUT2D eigenvalue weighted by molar-refractivity contribution is 7.98. The zero-order valence-electron chi connectivity index (χ0n) is 18.5. The molecule has 4 atom stereocenters. The fraction of sp³-hybridized carbons (Fsp3) is 0.737.